The number of phenols is 4. The van der Waals surface area contributed by atoms with E-state index >= 15 is 0 Å². The Morgan fingerprint density at radius 3 is 2.30 bits per heavy atom. The Balaban J connectivity index is 1.89. The van der Waals surface area contributed by atoms with Crippen LogP contribution in [0.4, 0.5) is 0 Å². The first kappa shape index (κ1) is 22.6. The maximum Gasteiger partial charge on any atom is 0.239 e. The van der Waals surface area contributed by atoms with Crippen molar-refractivity contribution >= 4 is 11.0 Å². The summed E-state index contributed by atoms with van der Waals surface area (Å²) in [6, 6.07) is 5.93. The molecule has 1 fully saturated rings. The van der Waals surface area contributed by atoms with Crippen LogP contribution >= 0.6 is 0 Å². The summed E-state index contributed by atoms with van der Waals surface area (Å²) < 4.78 is 16.4. The summed E-state index contributed by atoms with van der Waals surface area (Å²) in [6.07, 6.45) is -8.11. The number of rotatable bonds is 5. The largest absolute Gasteiger partial charge is 0.508 e. The third kappa shape index (κ3) is 3.79. The van der Waals surface area contributed by atoms with Crippen LogP contribution in [0.2, 0.25) is 0 Å². The summed E-state index contributed by atoms with van der Waals surface area (Å²) in [5.74, 6) is -3.37. The second kappa shape index (κ2) is 8.42. The van der Waals surface area contributed by atoms with Crippen molar-refractivity contribution in [2.24, 2.45) is 0 Å². The van der Waals surface area contributed by atoms with E-state index < -0.39 is 76.7 Å². The Labute approximate surface area is 184 Å². The molecule has 12 nitrogen and oxygen atoms in total. The highest BCUT2D eigenvalue weighted by atomic mass is 16.7. The molecule has 5 atom stereocenters. The maximum absolute atomic E-state index is 13.2. The number of fused-ring (bicyclic) bond motifs is 1. The quantitative estimate of drug-likeness (QED) is 0.177. The zero-order valence-corrected chi connectivity index (χ0v) is 16.7. The number of phenolic OH excluding ortho intramolecular Hbond substituents is 4. The number of hydrogen-bond donors (Lipinski definition) is 8. The van der Waals surface area contributed by atoms with Crippen molar-refractivity contribution in [3.63, 3.8) is 0 Å². The highest BCUT2D eigenvalue weighted by Crippen LogP contribution is 2.42. The molecule has 0 saturated carbocycles. The van der Waals surface area contributed by atoms with Gasteiger partial charge < -0.3 is 54.7 Å². The predicted molar refractivity (Wildman–Crippen MR) is 109 cm³/mol. The van der Waals surface area contributed by atoms with Gasteiger partial charge in [0, 0.05) is 11.6 Å². The van der Waals surface area contributed by atoms with E-state index in [1.54, 1.807) is 0 Å². The molecule has 0 bridgehead atoms. The Morgan fingerprint density at radius 1 is 1.00 bits per heavy atom. The molecule has 0 spiro atoms. The van der Waals surface area contributed by atoms with E-state index in [0.29, 0.717) is 0 Å². The Kier molecular flexibility index (Phi) is 5.78. The van der Waals surface area contributed by atoms with Crippen LogP contribution in [-0.2, 0) is 4.74 Å². The fourth-order valence-electron chi connectivity index (χ4n) is 3.52. The minimum absolute atomic E-state index is 0.110. The van der Waals surface area contributed by atoms with Crippen molar-refractivity contribution in [2.45, 2.75) is 30.7 Å². The molecule has 0 aliphatic carbocycles. The zero-order valence-electron chi connectivity index (χ0n) is 16.7. The van der Waals surface area contributed by atoms with Gasteiger partial charge in [0.15, 0.2) is 17.1 Å². The van der Waals surface area contributed by atoms with Gasteiger partial charge in [-0.3, -0.25) is 4.79 Å². The van der Waals surface area contributed by atoms with E-state index in [9.17, 15) is 40.5 Å². The second-order valence-corrected chi connectivity index (χ2v) is 7.42. The normalized spacial score (nSPS) is 23.6. The van der Waals surface area contributed by atoms with Gasteiger partial charge in [-0.25, -0.2) is 0 Å². The van der Waals surface area contributed by atoms with Gasteiger partial charge in [-0.15, -0.1) is 0 Å². The van der Waals surface area contributed by atoms with Gasteiger partial charge >= 0.3 is 0 Å². The van der Waals surface area contributed by atoms with Gasteiger partial charge in [0.2, 0.25) is 23.2 Å². The molecule has 5 unspecified atom stereocenters. The number of aliphatic hydroxyl groups is 4. The van der Waals surface area contributed by atoms with E-state index in [0.717, 1.165) is 6.07 Å². The lowest BCUT2D eigenvalue weighted by atomic mass is 10.1. The summed E-state index contributed by atoms with van der Waals surface area (Å²) in [5.41, 5.74) is -1.43. The van der Waals surface area contributed by atoms with Crippen LogP contribution in [0.25, 0.3) is 22.3 Å². The Morgan fingerprint density at radius 2 is 1.67 bits per heavy atom. The topological polar surface area (TPSA) is 211 Å². The number of ether oxygens (including phenoxy) is 2. The molecule has 1 saturated heterocycles. The van der Waals surface area contributed by atoms with Gasteiger partial charge in [-0.05, 0) is 24.3 Å². The smallest absolute Gasteiger partial charge is 0.239 e. The number of benzene rings is 2. The molecule has 1 aromatic heterocycles. The van der Waals surface area contributed by atoms with Crippen LogP contribution in [0, 0.1) is 0 Å². The molecule has 1 aliphatic heterocycles. The van der Waals surface area contributed by atoms with Gasteiger partial charge in [0.25, 0.3) is 0 Å². The molecule has 8 N–H and O–H groups in total. The summed E-state index contributed by atoms with van der Waals surface area (Å²) >= 11 is 0. The average Bonchev–Trinajstić information content (AvgIpc) is 3.07. The van der Waals surface area contributed by atoms with Crippen molar-refractivity contribution in [3.05, 3.63) is 40.6 Å². The van der Waals surface area contributed by atoms with E-state index in [-0.39, 0.29) is 17.1 Å². The number of hydrogen-bond acceptors (Lipinski definition) is 12. The van der Waals surface area contributed by atoms with Crippen molar-refractivity contribution in [3.8, 4) is 40.1 Å². The standard InChI is InChI=1S/C21H20O12/c22-6-11(26)18-15(29)16(30)21(32-18)33-20-14(28)12-9(24)5-10(25)13(27)19(12)31-17(20)7-1-3-8(23)4-2-7/h1-5,11,15-16,18,21-27,29-30H,6H2. The molecule has 12 heteroatoms. The maximum atomic E-state index is 13.2. The highest BCUT2D eigenvalue weighted by molar-refractivity contribution is 5.93. The van der Waals surface area contributed by atoms with E-state index in [1.165, 1.54) is 24.3 Å². The lowest BCUT2D eigenvalue weighted by Gasteiger charge is -2.19. The zero-order chi connectivity index (χ0) is 24.0. The lowest BCUT2D eigenvalue weighted by Crippen LogP contribution is -2.40. The van der Waals surface area contributed by atoms with Gasteiger partial charge in [0.05, 0.1) is 6.61 Å². The molecule has 4 rings (SSSR count). The van der Waals surface area contributed by atoms with Crippen LogP contribution in [-0.4, -0.2) is 78.2 Å². The first-order valence-electron chi connectivity index (χ1n) is 9.65. The van der Waals surface area contributed by atoms with Crippen molar-refractivity contribution in [2.75, 3.05) is 6.61 Å². The molecular formula is C21H20O12. The van der Waals surface area contributed by atoms with Crippen LogP contribution in [0.15, 0.2) is 39.5 Å². The van der Waals surface area contributed by atoms with Crippen LogP contribution in [0.3, 0.4) is 0 Å². The fourth-order valence-corrected chi connectivity index (χ4v) is 3.52. The molecule has 176 valence electrons. The monoisotopic (exact) mass is 464 g/mol. The lowest BCUT2D eigenvalue weighted by molar-refractivity contribution is -0.137. The SMILES string of the molecule is O=c1c(OC2OC(C(O)CO)C(O)C2O)c(-c2ccc(O)cc2)oc2c(O)c(O)cc(O)c12. The van der Waals surface area contributed by atoms with Crippen LogP contribution < -0.4 is 10.2 Å². The predicted octanol–water partition coefficient (Wildman–Crippen LogP) is -0.539. The highest BCUT2D eigenvalue weighted by Gasteiger charge is 2.48. The van der Waals surface area contributed by atoms with Crippen molar-refractivity contribution in [1.29, 1.82) is 0 Å². The van der Waals surface area contributed by atoms with E-state index in [4.69, 9.17) is 19.0 Å². The minimum Gasteiger partial charge on any atom is -0.508 e. The van der Waals surface area contributed by atoms with Crippen LogP contribution in [0.1, 0.15) is 0 Å². The number of aliphatic hydroxyl groups excluding tert-OH is 4. The Bertz CT molecular complexity index is 1230. The first-order valence-corrected chi connectivity index (χ1v) is 9.65. The second-order valence-electron chi connectivity index (χ2n) is 7.42. The van der Waals surface area contributed by atoms with Crippen molar-refractivity contribution in [1.82, 2.24) is 0 Å². The average molecular weight is 464 g/mol. The molecule has 0 radical (unpaired) electrons. The molecule has 0 amide bonds. The fraction of sp³-hybridized carbons (Fsp3) is 0.286. The van der Waals surface area contributed by atoms with Gasteiger partial charge in [-0.1, -0.05) is 0 Å². The molecule has 33 heavy (non-hydrogen) atoms. The summed E-state index contributed by atoms with van der Waals surface area (Å²) in [6.45, 7) is -0.783. The molecule has 3 aromatic rings. The molecular weight excluding hydrogens is 444 g/mol. The summed E-state index contributed by atoms with van der Waals surface area (Å²) in [7, 11) is 0. The van der Waals surface area contributed by atoms with Gasteiger partial charge in [-0.2, -0.15) is 0 Å². The Hall–Kier alpha value is -3.55. The first-order chi connectivity index (χ1) is 15.6. The van der Waals surface area contributed by atoms with Gasteiger partial charge in [0.1, 0.15) is 41.3 Å². The van der Waals surface area contributed by atoms with E-state index in [2.05, 4.69) is 0 Å². The van der Waals surface area contributed by atoms with Crippen molar-refractivity contribution < 1.29 is 54.7 Å². The minimum atomic E-state index is -1.75. The number of aromatic hydroxyl groups is 4. The third-order valence-corrected chi connectivity index (χ3v) is 5.24. The van der Waals surface area contributed by atoms with E-state index in [1.807, 2.05) is 0 Å². The molecule has 2 heterocycles. The van der Waals surface area contributed by atoms with Crippen LogP contribution in [0.5, 0.6) is 28.7 Å². The molecule has 2 aromatic carbocycles. The molecule has 1 aliphatic rings. The summed E-state index contributed by atoms with van der Waals surface area (Å²) in [4.78, 5) is 13.2. The summed E-state index contributed by atoms with van der Waals surface area (Å²) in [5, 5.41) is 78.5. The third-order valence-electron chi connectivity index (χ3n) is 5.24.